The van der Waals surface area contributed by atoms with Crippen LogP contribution in [0.2, 0.25) is 0 Å². The summed E-state index contributed by atoms with van der Waals surface area (Å²) in [5, 5.41) is 12.0. The molecule has 21 heavy (non-hydrogen) atoms. The first-order valence-electron chi connectivity index (χ1n) is 6.86. The van der Waals surface area contributed by atoms with Crippen molar-refractivity contribution in [3.63, 3.8) is 0 Å². The minimum Gasteiger partial charge on any atom is -0.293 e. The van der Waals surface area contributed by atoms with Crippen molar-refractivity contribution in [3.05, 3.63) is 48.0 Å². The van der Waals surface area contributed by atoms with E-state index in [-0.39, 0.29) is 5.78 Å². The van der Waals surface area contributed by atoms with E-state index in [1.807, 2.05) is 24.3 Å². The molecule has 1 heterocycles. The van der Waals surface area contributed by atoms with Gasteiger partial charge in [-0.1, -0.05) is 55.4 Å². The van der Waals surface area contributed by atoms with Gasteiger partial charge in [0.05, 0.1) is 12.3 Å². The number of aromatic nitrogens is 4. The Balaban J connectivity index is 1.94. The Bertz CT molecular complexity index is 606. The number of hydrogen-bond acceptors (Lipinski definition) is 5. The first-order valence-corrected chi connectivity index (χ1v) is 7.85. The number of carbonyl (C=O) groups excluding carboxylic acids is 1. The van der Waals surface area contributed by atoms with E-state index in [0.29, 0.717) is 17.5 Å². The largest absolute Gasteiger partial charge is 0.293 e. The molecule has 0 spiro atoms. The zero-order valence-corrected chi connectivity index (χ0v) is 12.8. The van der Waals surface area contributed by atoms with Gasteiger partial charge >= 0.3 is 0 Å². The Morgan fingerprint density at radius 1 is 1.38 bits per heavy atom. The van der Waals surface area contributed by atoms with Crippen LogP contribution in [-0.4, -0.2) is 31.7 Å². The van der Waals surface area contributed by atoms with Gasteiger partial charge in [-0.3, -0.25) is 4.79 Å². The third-order valence-corrected chi connectivity index (χ3v) is 3.91. The highest BCUT2D eigenvalue weighted by molar-refractivity contribution is 7.99. The van der Waals surface area contributed by atoms with Gasteiger partial charge in [-0.2, -0.15) is 0 Å². The predicted octanol–water partition coefficient (Wildman–Crippen LogP) is 2.79. The summed E-state index contributed by atoms with van der Waals surface area (Å²) in [6.07, 6.45) is 3.86. The molecule has 0 aliphatic heterocycles. The number of hydrogen-bond donors (Lipinski definition) is 0. The summed E-state index contributed by atoms with van der Waals surface area (Å²) in [7, 11) is 0. The van der Waals surface area contributed by atoms with Crippen LogP contribution >= 0.6 is 11.8 Å². The summed E-state index contributed by atoms with van der Waals surface area (Å²) >= 11 is 1.34. The van der Waals surface area contributed by atoms with Crippen molar-refractivity contribution in [2.24, 2.45) is 0 Å². The molecule has 0 aliphatic carbocycles. The number of ketones is 1. The Morgan fingerprint density at radius 3 is 2.81 bits per heavy atom. The predicted molar refractivity (Wildman–Crippen MR) is 83.5 cm³/mol. The molecule has 2 rings (SSSR count). The first kappa shape index (κ1) is 15.4. The van der Waals surface area contributed by atoms with Crippen LogP contribution in [0.5, 0.6) is 0 Å². The van der Waals surface area contributed by atoms with Gasteiger partial charge in [-0.25, -0.2) is 4.68 Å². The molecule has 1 aromatic heterocycles. The molecule has 0 atom stereocenters. The third kappa shape index (κ3) is 4.26. The van der Waals surface area contributed by atoms with Gasteiger partial charge in [0.1, 0.15) is 0 Å². The van der Waals surface area contributed by atoms with Gasteiger partial charge in [-0.15, -0.1) is 11.7 Å². The van der Waals surface area contributed by atoms with Gasteiger partial charge in [0, 0.05) is 5.56 Å². The van der Waals surface area contributed by atoms with Crippen LogP contribution in [0.4, 0.5) is 0 Å². The van der Waals surface area contributed by atoms with E-state index in [0.717, 1.165) is 18.4 Å². The lowest BCUT2D eigenvalue weighted by molar-refractivity contribution is 0.102. The number of nitrogens with zero attached hydrogens (tertiary/aromatic N) is 4. The first-order chi connectivity index (χ1) is 10.2. The average molecular weight is 302 g/mol. The molecule has 0 saturated heterocycles. The van der Waals surface area contributed by atoms with Crippen molar-refractivity contribution in [2.45, 2.75) is 31.5 Å². The molecule has 5 nitrogen and oxygen atoms in total. The van der Waals surface area contributed by atoms with Crippen LogP contribution in [0.25, 0.3) is 0 Å². The van der Waals surface area contributed by atoms with Crippen molar-refractivity contribution in [1.29, 1.82) is 0 Å². The molecule has 0 amide bonds. The number of Topliss-reactive ketones (excluding diaryl/α,β-unsaturated/α-hetero) is 1. The molecule has 0 aliphatic rings. The van der Waals surface area contributed by atoms with E-state index < -0.39 is 0 Å². The summed E-state index contributed by atoms with van der Waals surface area (Å²) in [5.74, 6) is 0.404. The van der Waals surface area contributed by atoms with Gasteiger partial charge in [0.25, 0.3) is 0 Å². The highest BCUT2D eigenvalue weighted by atomic mass is 32.2. The van der Waals surface area contributed by atoms with Crippen LogP contribution < -0.4 is 0 Å². The molecule has 1 aromatic carbocycles. The molecule has 2 aromatic rings. The van der Waals surface area contributed by atoms with Crippen LogP contribution in [-0.2, 0) is 13.0 Å². The van der Waals surface area contributed by atoms with E-state index in [1.165, 1.54) is 17.3 Å². The second kappa shape index (κ2) is 7.73. The third-order valence-electron chi connectivity index (χ3n) is 2.95. The van der Waals surface area contributed by atoms with Crippen molar-refractivity contribution < 1.29 is 4.79 Å². The molecular weight excluding hydrogens is 284 g/mol. The normalized spacial score (nSPS) is 10.5. The molecule has 0 fully saturated rings. The molecule has 0 unspecified atom stereocenters. The van der Waals surface area contributed by atoms with E-state index in [1.54, 1.807) is 10.8 Å². The van der Waals surface area contributed by atoms with E-state index in [4.69, 9.17) is 0 Å². The van der Waals surface area contributed by atoms with Crippen molar-refractivity contribution in [1.82, 2.24) is 20.2 Å². The lowest BCUT2D eigenvalue weighted by atomic mass is 10.1. The Hall–Kier alpha value is -1.95. The monoisotopic (exact) mass is 302 g/mol. The zero-order valence-electron chi connectivity index (χ0n) is 12.0. The summed E-state index contributed by atoms with van der Waals surface area (Å²) in [4.78, 5) is 12.2. The fraction of sp³-hybridized carbons (Fsp3) is 0.333. The number of aryl methyl sites for hydroxylation is 1. The highest BCUT2D eigenvalue weighted by Gasteiger charge is 2.11. The lowest BCUT2D eigenvalue weighted by Gasteiger charge is -2.03. The Kier molecular flexibility index (Phi) is 5.68. The van der Waals surface area contributed by atoms with Gasteiger partial charge in [0.15, 0.2) is 5.78 Å². The van der Waals surface area contributed by atoms with Gasteiger partial charge in [-0.05, 0) is 22.4 Å². The maximum absolute atomic E-state index is 12.2. The maximum Gasteiger partial charge on any atom is 0.210 e. The van der Waals surface area contributed by atoms with Crippen LogP contribution in [0.1, 0.15) is 29.3 Å². The zero-order chi connectivity index (χ0) is 15.1. The fourth-order valence-electron chi connectivity index (χ4n) is 1.90. The average Bonchev–Trinajstić information content (AvgIpc) is 2.94. The van der Waals surface area contributed by atoms with Crippen molar-refractivity contribution >= 4 is 17.5 Å². The number of rotatable bonds is 8. The molecule has 6 heteroatoms. The fourth-order valence-corrected chi connectivity index (χ4v) is 2.68. The summed E-state index contributed by atoms with van der Waals surface area (Å²) in [5.41, 5.74) is 1.99. The molecule has 0 N–H and O–H groups in total. The van der Waals surface area contributed by atoms with Gasteiger partial charge < -0.3 is 0 Å². The minimum absolute atomic E-state index is 0.0798. The second-order valence-corrected chi connectivity index (χ2v) is 5.53. The number of carbonyl (C=O) groups is 1. The molecule has 0 bridgehead atoms. The summed E-state index contributed by atoms with van der Waals surface area (Å²) in [6, 6.07) is 7.81. The van der Waals surface area contributed by atoms with Crippen molar-refractivity contribution in [2.75, 3.05) is 5.75 Å². The molecular formula is C15H18N4OS. The number of benzene rings is 1. The minimum atomic E-state index is 0.0798. The lowest BCUT2D eigenvalue weighted by Crippen LogP contribution is -2.05. The molecule has 110 valence electrons. The maximum atomic E-state index is 12.2. The topological polar surface area (TPSA) is 60.7 Å². The van der Waals surface area contributed by atoms with Crippen LogP contribution in [0.15, 0.2) is 42.1 Å². The summed E-state index contributed by atoms with van der Waals surface area (Å²) < 4.78 is 1.62. The number of allylic oxidation sites excluding steroid dienone is 1. The SMILES string of the molecule is C=CCn1nnnc1SCC(=O)c1ccc(CCC)cc1. The Labute approximate surface area is 128 Å². The van der Waals surface area contributed by atoms with Crippen LogP contribution in [0.3, 0.4) is 0 Å². The molecule has 0 radical (unpaired) electrons. The van der Waals surface area contributed by atoms with E-state index >= 15 is 0 Å². The van der Waals surface area contributed by atoms with E-state index in [9.17, 15) is 4.79 Å². The quantitative estimate of drug-likeness (QED) is 0.426. The highest BCUT2D eigenvalue weighted by Crippen LogP contribution is 2.16. The van der Waals surface area contributed by atoms with Crippen LogP contribution in [0, 0.1) is 0 Å². The number of tetrazole rings is 1. The second-order valence-electron chi connectivity index (χ2n) is 4.59. The number of thioether (sulfide) groups is 1. The Morgan fingerprint density at radius 2 is 2.14 bits per heavy atom. The molecule has 0 saturated carbocycles. The standard InChI is InChI=1S/C15H18N4OS/c1-3-5-12-6-8-13(9-7-12)14(20)11-21-15-16-17-18-19(15)10-4-2/h4,6-9H,2-3,5,10-11H2,1H3. The van der Waals surface area contributed by atoms with Gasteiger partial charge in [0.2, 0.25) is 5.16 Å². The van der Waals surface area contributed by atoms with Crippen molar-refractivity contribution in [3.8, 4) is 0 Å². The summed E-state index contributed by atoms with van der Waals surface area (Å²) in [6.45, 7) is 6.33. The smallest absolute Gasteiger partial charge is 0.210 e. The van der Waals surface area contributed by atoms with E-state index in [2.05, 4.69) is 29.0 Å².